The van der Waals surface area contributed by atoms with Gasteiger partial charge >= 0.3 is 0 Å². The molecule has 0 aliphatic carbocycles. The summed E-state index contributed by atoms with van der Waals surface area (Å²) in [5.41, 5.74) is 22.1. The molecule has 10 aromatic rings. The van der Waals surface area contributed by atoms with E-state index in [1.165, 1.54) is 50.0 Å². The van der Waals surface area contributed by atoms with Gasteiger partial charge < -0.3 is 24.0 Å². The Morgan fingerprint density at radius 3 is 1.40 bits per heavy atom. The third-order valence-electron chi connectivity index (χ3n) is 17.4. The number of aromatic nitrogens is 1. The predicted molar refractivity (Wildman–Crippen MR) is 356 cm³/mol. The first-order chi connectivity index (χ1) is 39.3. The molecule has 83 heavy (non-hydrogen) atoms. The first-order valence-corrected chi connectivity index (χ1v) is 30.5. The average Bonchev–Trinajstić information content (AvgIpc) is 1.68. The van der Waals surface area contributed by atoms with Crippen molar-refractivity contribution in [2.24, 2.45) is 0 Å². The molecule has 4 heterocycles. The van der Waals surface area contributed by atoms with E-state index in [0.29, 0.717) is 0 Å². The van der Waals surface area contributed by atoms with Gasteiger partial charge in [-0.3, -0.25) is 0 Å². The highest BCUT2D eigenvalue weighted by molar-refractivity contribution is 7.99. The standard InChI is InChI=1S/C76H77BN4OS/c1-72(2,3)48-25-34-54(35-26-48)78(55-36-27-49(28-37-55)73(4,5)6)58-46-62-67-63(47-58)80(57-40-31-51(32-41-57)75(10,11)12)69-59-42-44-66-70(82-64-23-19-20-24-65(64)83-66)68(59)81(53-21-17-16-18-22-53)71(69)77(67)60-45-52(76(13,14)15)33-43-61(60)79(62)56-38-29-50(30-39-56)74(7,8)9/h16-47H,1-15H3. The third-order valence-corrected chi connectivity index (χ3v) is 18.5. The van der Waals surface area contributed by atoms with Gasteiger partial charge in [-0.2, -0.15) is 0 Å². The minimum atomic E-state index is -0.228. The Kier molecular flexibility index (Phi) is 12.7. The van der Waals surface area contributed by atoms with Crippen LogP contribution < -0.4 is 36.0 Å². The van der Waals surface area contributed by atoms with Gasteiger partial charge in [-0.15, -0.1) is 0 Å². The first-order valence-electron chi connectivity index (χ1n) is 29.7. The van der Waals surface area contributed by atoms with Crippen LogP contribution in [0.3, 0.4) is 0 Å². The van der Waals surface area contributed by atoms with Crippen LogP contribution in [0, 0.1) is 0 Å². The summed E-state index contributed by atoms with van der Waals surface area (Å²) >= 11 is 1.79. The molecule has 7 heteroatoms. The Labute approximate surface area is 498 Å². The SMILES string of the molecule is CC(C)(C)c1ccc(N(c2ccc(C(C)(C)C)cc2)c2cc3c4c(c2)N(c2ccc(C(C)(C)C)cc2)c2c(n(-c5ccccc5)c5c6c(ccc25)Sc2ccccc2O6)B4c2cc(C(C)(C)C)ccc2N3c2ccc(C(C)(C)C)cc2)cc1. The van der Waals surface area contributed by atoms with Gasteiger partial charge in [-0.05, 0) is 169 Å². The Hall–Kier alpha value is -7.87. The fourth-order valence-corrected chi connectivity index (χ4v) is 13.6. The topological polar surface area (TPSA) is 23.9 Å². The normalized spacial score (nSPS) is 13.9. The molecule has 0 saturated heterocycles. The number of fused-ring (bicyclic) bond motifs is 9. The summed E-state index contributed by atoms with van der Waals surface area (Å²) < 4.78 is 9.85. The van der Waals surface area contributed by atoms with Crippen LogP contribution in [0.5, 0.6) is 11.5 Å². The van der Waals surface area contributed by atoms with Crippen LogP contribution in [0.25, 0.3) is 16.6 Å². The maximum atomic E-state index is 7.28. The first kappa shape index (κ1) is 54.4. The van der Waals surface area contributed by atoms with Crippen LogP contribution in [0.1, 0.15) is 132 Å². The second-order valence-electron chi connectivity index (χ2n) is 28.4. The van der Waals surface area contributed by atoms with Gasteiger partial charge in [-0.1, -0.05) is 207 Å². The zero-order valence-electron chi connectivity index (χ0n) is 51.2. The van der Waals surface area contributed by atoms with Crippen molar-refractivity contribution in [1.82, 2.24) is 4.57 Å². The van der Waals surface area contributed by atoms with Gasteiger partial charge in [0, 0.05) is 56.5 Å². The Bertz CT molecular complexity index is 4090. The molecule has 0 radical (unpaired) electrons. The molecule has 3 aliphatic rings. The van der Waals surface area contributed by atoms with Gasteiger partial charge in [0.15, 0.2) is 5.75 Å². The number of benzene rings is 9. The van der Waals surface area contributed by atoms with E-state index in [0.717, 1.165) is 83.4 Å². The Morgan fingerprint density at radius 1 is 0.398 bits per heavy atom. The van der Waals surface area contributed by atoms with E-state index in [9.17, 15) is 0 Å². The lowest BCUT2D eigenvalue weighted by Crippen LogP contribution is -2.63. The summed E-state index contributed by atoms with van der Waals surface area (Å²) in [5, 5.41) is 1.13. The summed E-state index contributed by atoms with van der Waals surface area (Å²) in [6.45, 7) is 34.4. The lowest BCUT2D eigenvalue weighted by atomic mass is 9.34. The predicted octanol–water partition coefficient (Wildman–Crippen LogP) is 19.9. The molecule has 9 aromatic carbocycles. The maximum absolute atomic E-state index is 7.28. The monoisotopic (exact) mass is 1100 g/mol. The molecule has 0 bridgehead atoms. The molecule has 0 atom stereocenters. The molecule has 0 saturated carbocycles. The zero-order valence-corrected chi connectivity index (χ0v) is 52.0. The van der Waals surface area contributed by atoms with Gasteiger partial charge in [0.2, 0.25) is 0 Å². The second-order valence-corrected chi connectivity index (χ2v) is 29.5. The quantitative estimate of drug-likeness (QED) is 0.155. The molecular weight excluding hydrogens is 1030 g/mol. The highest BCUT2D eigenvalue weighted by atomic mass is 32.2. The van der Waals surface area contributed by atoms with Crippen LogP contribution in [0.2, 0.25) is 0 Å². The van der Waals surface area contributed by atoms with Crippen molar-refractivity contribution in [3.8, 4) is 17.2 Å². The van der Waals surface area contributed by atoms with Gasteiger partial charge in [0.1, 0.15) is 5.75 Å². The van der Waals surface area contributed by atoms with Crippen molar-refractivity contribution in [2.45, 2.75) is 141 Å². The zero-order chi connectivity index (χ0) is 58.3. The highest BCUT2D eigenvalue weighted by Gasteiger charge is 2.48. The number of hydrogen-bond donors (Lipinski definition) is 0. The molecule has 13 rings (SSSR count). The van der Waals surface area contributed by atoms with Crippen molar-refractivity contribution in [2.75, 3.05) is 14.7 Å². The van der Waals surface area contributed by atoms with E-state index in [4.69, 9.17) is 4.74 Å². The molecule has 416 valence electrons. The van der Waals surface area contributed by atoms with Crippen LogP contribution in [-0.4, -0.2) is 11.3 Å². The number of nitrogens with zero attached hydrogens (tertiary/aromatic N) is 4. The molecule has 1 aromatic heterocycles. The highest BCUT2D eigenvalue weighted by Crippen LogP contribution is 2.55. The van der Waals surface area contributed by atoms with Crippen LogP contribution >= 0.6 is 11.8 Å². The fourth-order valence-electron chi connectivity index (χ4n) is 12.7. The largest absolute Gasteiger partial charge is 0.453 e. The van der Waals surface area contributed by atoms with Crippen LogP contribution in [-0.2, 0) is 27.1 Å². The Morgan fingerprint density at radius 2 is 0.867 bits per heavy atom. The van der Waals surface area contributed by atoms with Crippen LogP contribution in [0.4, 0.5) is 51.2 Å². The summed E-state index contributed by atoms with van der Waals surface area (Å²) in [7, 11) is 0. The van der Waals surface area contributed by atoms with Crippen LogP contribution in [0.15, 0.2) is 204 Å². The summed E-state index contributed by atoms with van der Waals surface area (Å²) in [5.74, 6) is 1.75. The smallest absolute Gasteiger partial charge is 0.273 e. The molecule has 5 nitrogen and oxygen atoms in total. The van der Waals surface area contributed by atoms with Gasteiger partial charge in [0.25, 0.3) is 6.71 Å². The van der Waals surface area contributed by atoms with E-state index in [1.54, 1.807) is 11.8 Å². The molecule has 0 N–H and O–H groups in total. The minimum Gasteiger partial charge on any atom is -0.453 e. The minimum absolute atomic E-state index is 0.0158. The molecule has 3 aliphatic heterocycles. The molecule has 0 spiro atoms. The number of anilines is 9. The van der Waals surface area contributed by atoms with E-state index in [-0.39, 0.29) is 33.8 Å². The molecule has 0 fully saturated rings. The molecular formula is C76H77BN4OS. The third kappa shape index (κ3) is 9.35. The van der Waals surface area contributed by atoms with Gasteiger partial charge in [0.05, 0.1) is 26.7 Å². The number of para-hydroxylation sites is 2. The van der Waals surface area contributed by atoms with E-state index in [1.807, 2.05) is 0 Å². The summed E-state index contributed by atoms with van der Waals surface area (Å²) in [6.07, 6.45) is 0. The van der Waals surface area contributed by atoms with E-state index < -0.39 is 0 Å². The van der Waals surface area contributed by atoms with Crippen molar-refractivity contribution >= 4 is 97.1 Å². The van der Waals surface area contributed by atoms with Crippen molar-refractivity contribution in [1.29, 1.82) is 0 Å². The van der Waals surface area contributed by atoms with Crippen molar-refractivity contribution < 1.29 is 4.74 Å². The van der Waals surface area contributed by atoms with E-state index >= 15 is 0 Å². The van der Waals surface area contributed by atoms with Crippen molar-refractivity contribution in [3.05, 3.63) is 222 Å². The molecule has 0 amide bonds. The van der Waals surface area contributed by atoms with Crippen molar-refractivity contribution in [3.63, 3.8) is 0 Å². The lowest BCUT2D eigenvalue weighted by molar-refractivity contribution is 0.458. The second kappa shape index (κ2) is 19.4. The Balaban J connectivity index is 1.20. The number of ether oxygens (including phenoxy) is 1. The number of hydrogen-bond acceptors (Lipinski definition) is 5. The summed E-state index contributed by atoms with van der Waals surface area (Å²) in [6, 6.07) is 73.9. The maximum Gasteiger partial charge on any atom is 0.273 e. The van der Waals surface area contributed by atoms with E-state index in [2.05, 4.69) is 317 Å². The lowest BCUT2D eigenvalue weighted by Gasteiger charge is -2.45. The number of rotatable bonds is 6. The molecule has 0 unspecified atom stereocenters. The average molecular weight is 1110 g/mol. The summed E-state index contributed by atoms with van der Waals surface area (Å²) in [4.78, 5) is 9.90. The van der Waals surface area contributed by atoms with Gasteiger partial charge in [-0.25, -0.2) is 0 Å². The fraction of sp³-hybridized carbons (Fsp3) is 0.263.